The van der Waals surface area contributed by atoms with Crippen LogP contribution < -0.4 is 0 Å². The van der Waals surface area contributed by atoms with E-state index in [1.807, 2.05) is 0 Å². The van der Waals surface area contributed by atoms with Crippen LogP contribution in [0.1, 0.15) is 26.7 Å². The molecule has 1 aliphatic carbocycles. The summed E-state index contributed by atoms with van der Waals surface area (Å²) in [6.07, 6.45) is 7.00. The molecule has 0 heteroatoms. The van der Waals surface area contributed by atoms with Gasteiger partial charge in [-0.3, -0.25) is 0 Å². The second-order valence-electron chi connectivity index (χ2n) is 3.18. The lowest BCUT2D eigenvalue weighted by atomic mass is 9.86. The molecule has 0 amide bonds. The van der Waals surface area contributed by atoms with Crippen molar-refractivity contribution < 1.29 is 0 Å². The lowest BCUT2D eigenvalue weighted by Crippen LogP contribution is -2.04. The van der Waals surface area contributed by atoms with E-state index in [1.165, 1.54) is 24.3 Å². The molecule has 10 heavy (non-hydrogen) atoms. The third-order valence-corrected chi connectivity index (χ3v) is 2.04. The van der Waals surface area contributed by atoms with Gasteiger partial charge in [-0.15, -0.1) is 0 Å². The molecule has 0 saturated carbocycles. The lowest BCUT2D eigenvalue weighted by Gasteiger charge is -2.19. The maximum Gasteiger partial charge on any atom is 0.0214 e. The van der Waals surface area contributed by atoms with Crippen molar-refractivity contribution in [3.8, 4) is 0 Å². The molecule has 0 bridgehead atoms. The molecule has 0 fully saturated rings. The van der Waals surface area contributed by atoms with Crippen LogP contribution in [0.25, 0.3) is 0 Å². The third kappa shape index (κ3) is 1.73. The number of hydrogen-bond donors (Lipinski definition) is 0. The number of rotatable bonds is 1. The van der Waals surface area contributed by atoms with E-state index in [0.29, 0.717) is 0 Å². The molecular weight excluding hydrogens is 120 g/mol. The van der Waals surface area contributed by atoms with Crippen molar-refractivity contribution in [2.75, 3.05) is 0 Å². The van der Waals surface area contributed by atoms with Crippen LogP contribution in [0.4, 0.5) is 0 Å². The summed E-state index contributed by atoms with van der Waals surface area (Å²) in [5.41, 5.74) is 1.23. The van der Waals surface area contributed by atoms with Gasteiger partial charge in [-0.25, -0.2) is 0 Å². The first kappa shape index (κ1) is 7.59. The van der Waals surface area contributed by atoms with Crippen molar-refractivity contribution in [2.24, 2.45) is 5.92 Å². The normalized spacial score (nSPS) is 26.8. The average Bonchev–Trinajstić information content (AvgIpc) is 1.88. The molecule has 1 radical (unpaired) electrons. The zero-order valence-electron chi connectivity index (χ0n) is 6.85. The predicted molar refractivity (Wildman–Crippen MR) is 45.6 cm³/mol. The van der Waals surface area contributed by atoms with Gasteiger partial charge in [0.1, 0.15) is 0 Å². The summed E-state index contributed by atoms with van der Waals surface area (Å²) in [5.74, 6) is 2.20. The Balaban J connectivity index is 2.53. The molecule has 0 N–H and O–H groups in total. The Kier molecular flexibility index (Phi) is 2.31. The molecule has 0 saturated heterocycles. The van der Waals surface area contributed by atoms with E-state index in [-0.39, 0.29) is 0 Å². The average molecular weight is 135 g/mol. The van der Waals surface area contributed by atoms with E-state index >= 15 is 0 Å². The zero-order chi connectivity index (χ0) is 7.56. The predicted octanol–water partition coefficient (Wildman–Crippen LogP) is 3.12. The molecule has 0 aromatic heterocycles. The Labute approximate surface area is 63.6 Å². The standard InChI is InChI=1S/C10H15/c1-8(2)10-6-4-9(3)5-7-10/h4,6,9H,1,5,7H2,2-3H3. The maximum absolute atomic E-state index is 3.92. The zero-order valence-corrected chi connectivity index (χ0v) is 6.85. The molecule has 1 atom stereocenters. The van der Waals surface area contributed by atoms with Crippen molar-refractivity contribution in [1.82, 2.24) is 0 Å². The summed E-state index contributed by atoms with van der Waals surface area (Å²) in [7, 11) is 0. The lowest BCUT2D eigenvalue weighted by molar-refractivity contribution is 0.606. The molecular formula is C10H15. The van der Waals surface area contributed by atoms with Gasteiger partial charge < -0.3 is 0 Å². The second kappa shape index (κ2) is 3.05. The summed E-state index contributed by atoms with van der Waals surface area (Å²) in [4.78, 5) is 0. The molecule has 0 heterocycles. The molecule has 0 aromatic carbocycles. The van der Waals surface area contributed by atoms with Gasteiger partial charge in [-0.05, 0) is 25.7 Å². The summed E-state index contributed by atoms with van der Waals surface area (Å²) in [6, 6.07) is 0. The molecule has 0 spiro atoms. The fraction of sp³-hybridized carbons (Fsp3) is 0.500. The number of allylic oxidation sites excluding steroid dienone is 3. The van der Waals surface area contributed by atoms with Crippen LogP contribution in [0.15, 0.2) is 24.3 Å². The van der Waals surface area contributed by atoms with Crippen molar-refractivity contribution in [2.45, 2.75) is 26.7 Å². The van der Waals surface area contributed by atoms with Crippen LogP contribution in [0.5, 0.6) is 0 Å². The first-order valence-electron chi connectivity index (χ1n) is 3.90. The van der Waals surface area contributed by atoms with E-state index in [1.54, 1.807) is 0 Å². The van der Waals surface area contributed by atoms with Gasteiger partial charge in [0.25, 0.3) is 0 Å². The van der Waals surface area contributed by atoms with Crippen molar-refractivity contribution in [3.05, 3.63) is 30.2 Å². The smallest absolute Gasteiger partial charge is 0.0214 e. The van der Waals surface area contributed by atoms with Crippen LogP contribution >= 0.6 is 0 Å². The van der Waals surface area contributed by atoms with E-state index in [2.05, 4.69) is 32.6 Å². The third-order valence-electron chi connectivity index (χ3n) is 2.04. The molecule has 0 aromatic rings. The maximum atomic E-state index is 3.92. The molecule has 55 valence electrons. The highest BCUT2D eigenvalue weighted by atomic mass is 14.2. The van der Waals surface area contributed by atoms with Crippen molar-refractivity contribution >= 4 is 0 Å². The van der Waals surface area contributed by atoms with Crippen LogP contribution in [0, 0.1) is 11.8 Å². The highest BCUT2D eigenvalue weighted by Crippen LogP contribution is 2.27. The minimum atomic E-state index is 0.767. The first-order chi connectivity index (χ1) is 4.70. The summed E-state index contributed by atoms with van der Waals surface area (Å²) in [6.45, 7) is 8.25. The van der Waals surface area contributed by atoms with E-state index in [4.69, 9.17) is 0 Å². The Morgan fingerprint density at radius 1 is 1.70 bits per heavy atom. The van der Waals surface area contributed by atoms with Gasteiger partial charge in [0, 0.05) is 5.92 Å². The Bertz CT molecular complexity index is 153. The topological polar surface area (TPSA) is 0 Å². The van der Waals surface area contributed by atoms with Gasteiger partial charge in [0.15, 0.2) is 0 Å². The molecule has 0 nitrogen and oxygen atoms in total. The fourth-order valence-corrected chi connectivity index (χ4v) is 1.20. The largest absolute Gasteiger partial charge is 0.0992 e. The van der Waals surface area contributed by atoms with Crippen LogP contribution in [-0.2, 0) is 0 Å². The first-order valence-corrected chi connectivity index (χ1v) is 3.90. The molecule has 0 aliphatic heterocycles. The van der Waals surface area contributed by atoms with Gasteiger partial charge in [0.2, 0.25) is 0 Å². The highest BCUT2D eigenvalue weighted by Gasteiger charge is 2.12. The van der Waals surface area contributed by atoms with Crippen molar-refractivity contribution in [3.63, 3.8) is 0 Å². The number of hydrogen-bond acceptors (Lipinski definition) is 0. The SMILES string of the molecule is C=C(C)[C]1C=CC(C)CC1. The van der Waals surface area contributed by atoms with Crippen LogP contribution in [0.2, 0.25) is 0 Å². The quantitative estimate of drug-likeness (QED) is 0.518. The van der Waals surface area contributed by atoms with E-state index in [9.17, 15) is 0 Å². The summed E-state index contributed by atoms with van der Waals surface area (Å²) >= 11 is 0. The summed E-state index contributed by atoms with van der Waals surface area (Å²) in [5, 5.41) is 0. The Hall–Kier alpha value is -0.520. The van der Waals surface area contributed by atoms with E-state index in [0.717, 1.165) is 5.92 Å². The molecule has 1 rings (SSSR count). The molecule has 1 aliphatic rings. The minimum Gasteiger partial charge on any atom is -0.0992 e. The van der Waals surface area contributed by atoms with Gasteiger partial charge >= 0.3 is 0 Å². The fourth-order valence-electron chi connectivity index (χ4n) is 1.20. The summed E-state index contributed by atoms with van der Waals surface area (Å²) < 4.78 is 0. The second-order valence-corrected chi connectivity index (χ2v) is 3.18. The van der Waals surface area contributed by atoms with Gasteiger partial charge in [-0.1, -0.05) is 31.2 Å². The van der Waals surface area contributed by atoms with E-state index < -0.39 is 0 Å². The minimum absolute atomic E-state index is 0.767. The van der Waals surface area contributed by atoms with Crippen molar-refractivity contribution in [1.29, 1.82) is 0 Å². The van der Waals surface area contributed by atoms with Gasteiger partial charge in [-0.2, -0.15) is 0 Å². The van der Waals surface area contributed by atoms with Crippen LogP contribution in [0.3, 0.4) is 0 Å². The molecule has 1 unspecified atom stereocenters. The highest BCUT2D eigenvalue weighted by molar-refractivity contribution is 5.31. The Morgan fingerprint density at radius 2 is 2.40 bits per heavy atom. The van der Waals surface area contributed by atoms with Gasteiger partial charge in [0.05, 0.1) is 0 Å². The van der Waals surface area contributed by atoms with Crippen LogP contribution in [-0.4, -0.2) is 0 Å². The monoisotopic (exact) mass is 135 g/mol. The Morgan fingerprint density at radius 3 is 2.80 bits per heavy atom.